The standard InChI is InChI=1S/C23H22N6O3S2/c1-16-7-8-19(13-20(16)34(24,31)32)26-21(30)15-33-23-28-27-22(18-9-11-25-12-10-18)29(23)14-17-5-3-2-4-6-17/h2-13H,14-15H2,1H3,(H,26,30)(H2,24,31,32). The van der Waals surface area contributed by atoms with Crippen molar-refractivity contribution in [2.24, 2.45) is 5.14 Å². The Morgan fingerprint density at radius 3 is 2.50 bits per heavy atom. The minimum atomic E-state index is -3.89. The average Bonchev–Trinajstić information content (AvgIpc) is 3.22. The second kappa shape index (κ2) is 10.2. The van der Waals surface area contributed by atoms with Crippen LogP contribution >= 0.6 is 11.8 Å². The summed E-state index contributed by atoms with van der Waals surface area (Å²) in [6.07, 6.45) is 3.38. The lowest BCUT2D eigenvalue weighted by atomic mass is 10.2. The molecule has 0 fully saturated rings. The highest BCUT2D eigenvalue weighted by Gasteiger charge is 2.17. The van der Waals surface area contributed by atoms with E-state index in [1.54, 1.807) is 31.5 Å². The maximum Gasteiger partial charge on any atom is 0.238 e. The summed E-state index contributed by atoms with van der Waals surface area (Å²) in [7, 11) is -3.89. The molecule has 34 heavy (non-hydrogen) atoms. The summed E-state index contributed by atoms with van der Waals surface area (Å²) in [6, 6.07) is 18.2. The van der Waals surface area contributed by atoms with Gasteiger partial charge in [0, 0.05) is 23.6 Å². The fraction of sp³-hybridized carbons (Fsp3) is 0.130. The van der Waals surface area contributed by atoms with E-state index in [0.29, 0.717) is 28.8 Å². The van der Waals surface area contributed by atoms with Crippen molar-refractivity contribution in [3.8, 4) is 11.4 Å². The Bertz CT molecular complexity index is 1410. The van der Waals surface area contributed by atoms with Crippen LogP contribution in [0.4, 0.5) is 5.69 Å². The van der Waals surface area contributed by atoms with Gasteiger partial charge in [-0.2, -0.15) is 0 Å². The summed E-state index contributed by atoms with van der Waals surface area (Å²) in [4.78, 5) is 16.6. The van der Waals surface area contributed by atoms with Gasteiger partial charge in [-0.1, -0.05) is 48.2 Å². The lowest BCUT2D eigenvalue weighted by Gasteiger charge is -2.11. The summed E-state index contributed by atoms with van der Waals surface area (Å²) < 4.78 is 25.4. The third-order valence-electron chi connectivity index (χ3n) is 4.95. The third-order valence-corrected chi connectivity index (χ3v) is 6.97. The Balaban J connectivity index is 1.53. The first kappa shape index (κ1) is 23.6. The van der Waals surface area contributed by atoms with E-state index >= 15 is 0 Å². The van der Waals surface area contributed by atoms with E-state index in [1.165, 1.54) is 17.8 Å². The van der Waals surface area contributed by atoms with Gasteiger partial charge in [-0.05, 0) is 42.3 Å². The van der Waals surface area contributed by atoms with E-state index in [-0.39, 0.29) is 16.6 Å². The number of carbonyl (C=O) groups is 1. The molecule has 0 aliphatic carbocycles. The number of hydrogen-bond donors (Lipinski definition) is 2. The molecule has 0 aliphatic rings. The predicted octanol–water partition coefficient (Wildman–Crippen LogP) is 3.08. The number of primary sulfonamides is 1. The van der Waals surface area contributed by atoms with Crippen molar-refractivity contribution in [1.29, 1.82) is 0 Å². The van der Waals surface area contributed by atoms with Gasteiger partial charge in [0.2, 0.25) is 15.9 Å². The average molecular weight is 495 g/mol. The van der Waals surface area contributed by atoms with E-state index < -0.39 is 10.0 Å². The largest absolute Gasteiger partial charge is 0.325 e. The van der Waals surface area contributed by atoms with Gasteiger partial charge in [0.1, 0.15) is 0 Å². The van der Waals surface area contributed by atoms with E-state index in [4.69, 9.17) is 5.14 Å². The van der Waals surface area contributed by atoms with Crippen LogP contribution in [0.5, 0.6) is 0 Å². The number of sulfonamides is 1. The smallest absolute Gasteiger partial charge is 0.238 e. The van der Waals surface area contributed by atoms with Crippen molar-refractivity contribution in [2.75, 3.05) is 11.1 Å². The van der Waals surface area contributed by atoms with E-state index in [2.05, 4.69) is 20.5 Å². The van der Waals surface area contributed by atoms with Crippen LogP contribution in [0.2, 0.25) is 0 Å². The highest BCUT2D eigenvalue weighted by Crippen LogP contribution is 2.25. The summed E-state index contributed by atoms with van der Waals surface area (Å²) in [6.45, 7) is 2.17. The number of nitrogens with one attached hydrogen (secondary N) is 1. The molecule has 0 saturated carbocycles. The van der Waals surface area contributed by atoms with Crippen molar-refractivity contribution in [3.05, 3.63) is 84.2 Å². The number of pyridine rings is 1. The predicted molar refractivity (Wildman–Crippen MR) is 131 cm³/mol. The van der Waals surface area contributed by atoms with Crippen molar-refractivity contribution in [1.82, 2.24) is 19.7 Å². The number of hydrogen-bond acceptors (Lipinski definition) is 7. The Labute approximate surface area is 201 Å². The number of carbonyl (C=O) groups excluding carboxylic acids is 1. The van der Waals surface area contributed by atoms with Gasteiger partial charge < -0.3 is 5.32 Å². The second-order valence-corrected chi connectivity index (χ2v) is 9.95. The molecule has 0 saturated heterocycles. The molecule has 0 atom stereocenters. The number of benzene rings is 2. The van der Waals surface area contributed by atoms with Crippen LogP contribution in [0.1, 0.15) is 11.1 Å². The number of anilines is 1. The lowest BCUT2D eigenvalue weighted by Crippen LogP contribution is -2.17. The van der Waals surface area contributed by atoms with E-state index in [1.807, 2.05) is 47.0 Å². The zero-order valence-electron chi connectivity index (χ0n) is 18.2. The molecule has 174 valence electrons. The molecule has 0 spiro atoms. The zero-order valence-corrected chi connectivity index (χ0v) is 19.9. The first-order valence-electron chi connectivity index (χ1n) is 10.2. The van der Waals surface area contributed by atoms with Crippen molar-refractivity contribution >= 4 is 33.4 Å². The Morgan fingerprint density at radius 2 is 1.79 bits per heavy atom. The summed E-state index contributed by atoms with van der Waals surface area (Å²) in [5.74, 6) is 0.418. The van der Waals surface area contributed by atoms with Gasteiger partial charge in [-0.3, -0.25) is 14.3 Å². The van der Waals surface area contributed by atoms with Gasteiger partial charge in [-0.15, -0.1) is 10.2 Å². The highest BCUT2D eigenvalue weighted by molar-refractivity contribution is 7.99. The minimum Gasteiger partial charge on any atom is -0.325 e. The number of amides is 1. The maximum absolute atomic E-state index is 12.6. The fourth-order valence-electron chi connectivity index (χ4n) is 3.33. The van der Waals surface area contributed by atoms with Crippen LogP contribution in [0.3, 0.4) is 0 Å². The SMILES string of the molecule is Cc1ccc(NC(=O)CSc2nnc(-c3ccncc3)n2Cc2ccccc2)cc1S(N)(=O)=O. The molecular formula is C23H22N6O3S2. The molecule has 2 aromatic heterocycles. The van der Waals surface area contributed by atoms with Crippen LogP contribution < -0.4 is 10.5 Å². The zero-order chi connectivity index (χ0) is 24.1. The quantitative estimate of drug-likeness (QED) is 0.360. The fourth-order valence-corrected chi connectivity index (χ4v) is 4.88. The molecule has 2 aromatic carbocycles. The Morgan fingerprint density at radius 1 is 1.06 bits per heavy atom. The number of rotatable bonds is 8. The van der Waals surface area contributed by atoms with Crippen molar-refractivity contribution in [2.45, 2.75) is 23.5 Å². The molecule has 3 N–H and O–H groups in total. The van der Waals surface area contributed by atoms with Gasteiger partial charge in [-0.25, -0.2) is 13.6 Å². The summed E-state index contributed by atoms with van der Waals surface area (Å²) in [5.41, 5.74) is 2.79. The molecule has 0 bridgehead atoms. The molecule has 4 aromatic rings. The maximum atomic E-state index is 12.6. The van der Waals surface area contributed by atoms with Crippen molar-refractivity contribution < 1.29 is 13.2 Å². The molecule has 1 amide bonds. The molecular weight excluding hydrogens is 472 g/mol. The van der Waals surface area contributed by atoms with Crippen molar-refractivity contribution in [3.63, 3.8) is 0 Å². The Kier molecular flexibility index (Phi) is 7.06. The topological polar surface area (TPSA) is 133 Å². The van der Waals surface area contributed by atoms with Crippen LogP contribution in [0, 0.1) is 6.92 Å². The van der Waals surface area contributed by atoms with Crippen LogP contribution in [-0.4, -0.2) is 39.8 Å². The molecule has 0 radical (unpaired) electrons. The number of aromatic nitrogens is 4. The van der Waals surface area contributed by atoms with Gasteiger partial charge in [0.25, 0.3) is 0 Å². The summed E-state index contributed by atoms with van der Waals surface area (Å²) >= 11 is 1.24. The number of nitrogens with zero attached hydrogens (tertiary/aromatic N) is 4. The molecule has 11 heteroatoms. The second-order valence-electron chi connectivity index (χ2n) is 7.48. The third kappa shape index (κ3) is 5.68. The number of aryl methyl sites for hydroxylation is 1. The number of thioether (sulfide) groups is 1. The lowest BCUT2D eigenvalue weighted by molar-refractivity contribution is -0.113. The van der Waals surface area contributed by atoms with Gasteiger partial charge >= 0.3 is 0 Å². The molecule has 2 heterocycles. The van der Waals surface area contributed by atoms with E-state index in [9.17, 15) is 13.2 Å². The molecule has 9 nitrogen and oxygen atoms in total. The number of nitrogens with two attached hydrogens (primary N) is 1. The monoisotopic (exact) mass is 494 g/mol. The van der Waals surface area contributed by atoms with Crippen LogP contribution in [0.25, 0.3) is 11.4 Å². The van der Waals surface area contributed by atoms with E-state index in [0.717, 1.165) is 11.1 Å². The van der Waals surface area contributed by atoms with Gasteiger partial charge in [0.15, 0.2) is 11.0 Å². The normalized spacial score (nSPS) is 11.4. The molecule has 4 rings (SSSR count). The van der Waals surface area contributed by atoms with Crippen LogP contribution in [-0.2, 0) is 21.4 Å². The minimum absolute atomic E-state index is 0.0254. The van der Waals surface area contributed by atoms with Crippen LogP contribution in [0.15, 0.2) is 83.1 Å². The first-order valence-corrected chi connectivity index (χ1v) is 12.8. The Hall–Kier alpha value is -3.54. The molecule has 0 unspecified atom stereocenters. The molecule has 0 aliphatic heterocycles. The van der Waals surface area contributed by atoms with Gasteiger partial charge in [0.05, 0.1) is 17.2 Å². The highest BCUT2D eigenvalue weighted by atomic mass is 32.2. The first-order chi connectivity index (χ1) is 16.3. The summed E-state index contributed by atoms with van der Waals surface area (Å²) in [5, 5.41) is 17.2.